The first kappa shape index (κ1) is 4.53. The Bertz CT molecular complexity index is 249. The van der Waals surface area contributed by atoms with Crippen LogP contribution in [0.1, 0.15) is 0 Å². The maximum atomic E-state index is 2.15. The van der Waals surface area contributed by atoms with Crippen molar-refractivity contribution in [2.45, 2.75) is 0 Å². The Kier molecular flexibility index (Phi) is 0.889. The highest BCUT2D eigenvalue weighted by molar-refractivity contribution is 7.78. The summed E-state index contributed by atoms with van der Waals surface area (Å²) in [5.74, 6) is 0. The average molecular weight is 140 g/mol. The van der Waals surface area contributed by atoms with Crippen molar-refractivity contribution in [3.63, 3.8) is 0 Å². The van der Waals surface area contributed by atoms with Gasteiger partial charge in [0.05, 0.1) is 9.40 Å². The number of hydrogen-bond acceptors (Lipinski definition) is 2. The molecule has 0 radical (unpaired) electrons. The molecule has 0 atom stereocenters. The summed E-state index contributed by atoms with van der Waals surface area (Å²) in [7, 11) is 3.70. The second-order valence-corrected chi connectivity index (χ2v) is 3.83. The first-order chi connectivity index (χ1) is 3.97. The van der Waals surface area contributed by atoms with Gasteiger partial charge in [0.1, 0.15) is 0 Å². The summed E-state index contributed by atoms with van der Waals surface area (Å²) in [5, 5.41) is 0. The van der Waals surface area contributed by atoms with E-state index >= 15 is 0 Å². The Morgan fingerprint density at radius 2 is 1.38 bits per heavy atom. The predicted molar refractivity (Wildman–Crippen MR) is 39.7 cm³/mol. The van der Waals surface area contributed by atoms with Crippen molar-refractivity contribution in [3.8, 4) is 0 Å². The Hall–Kier alpha value is -0.340. The zero-order valence-electron chi connectivity index (χ0n) is 4.13. The highest BCUT2D eigenvalue weighted by Gasteiger charge is 1.92. The molecular weight excluding hydrogens is 136 g/mol. The van der Waals surface area contributed by atoms with E-state index in [1.165, 1.54) is 9.40 Å². The Morgan fingerprint density at radius 3 is 1.62 bits per heavy atom. The summed E-state index contributed by atoms with van der Waals surface area (Å²) in [6.07, 6.45) is 0. The Labute approximate surface area is 54.8 Å². The molecule has 0 aliphatic heterocycles. The van der Waals surface area contributed by atoms with E-state index < -0.39 is 0 Å². The monoisotopic (exact) mass is 140 g/mol. The fourth-order valence-corrected chi connectivity index (χ4v) is 2.48. The van der Waals surface area contributed by atoms with Crippen molar-refractivity contribution in [1.82, 2.24) is 0 Å². The van der Waals surface area contributed by atoms with Gasteiger partial charge in [0.2, 0.25) is 0 Å². The molecule has 2 aromatic rings. The lowest BCUT2D eigenvalue weighted by Gasteiger charge is -1.93. The van der Waals surface area contributed by atoms with Crippen LogP contribution in [0.15, 0.2) is 24.3 Å². The molecule has 0 N–H and O–H groups in total. The molecule has 0 saturated carbocycles. The van der Waals surface area contributed by atoms with Crippen LogP contribution in [-0.4, -0.2) is 0 Å². The molecule has 0 spiro atoms. The molecule has 0 nitrogen and oxygen atoms in total. The molecule has 0 aliphatic carbocycles. The fourth-order valence-electron chi connectivity index (χ4n) is 0.644. The van der Waals surface area contributed by atoms with Crippen LogP contribution in [0.25, 0.3) is 9.40 Å². The lowest BCUT2D eigenvalue weighted by atomic mass is 10.4. The van der Waals surface area contributed by atoms with E-state index in [1.807, 2.05) is 20.7 Å². The minimum atomic E-state index is 1.43. The van der Waals surface area contributed by atoms with E-state index in [0.717, 1.165) is 0 Å². The van der Waals surface area contributed by atoms with Crippen molar-refractivity contribution in [2.24, 2.45) is 0 Å². The van der Waals surface area contributed by atoms with Crippen LogP contribution in [0, 0.1) is 0 Å². The van der Waals surface area contributed by atoms with Gasteiger partial charge in [0.15, 0.2) is 0 Å². The number of benzene rings is 1. The van der Waals surface area contributed by atoms with Gasteiger partial charge in [-0.25, -0.2) is 0 Å². The van der Waals surface area contributed by atoms with E-state index in [-0.39, 0.29) is 0 Å². The molecule has 0 amide bonds. The van der Waals surface area contributed by atoms with Gasteiger partial charge in [0, 0.05) is 0 Å². The second kappa shape index (κ2) is 1.57. The summed E-state index contributed by atoms with van der Waals surface area (Å²) in [5.41, 5.74) is 0. The molecule has 0 unspecified atom stereocenters. The van der Waals surface area contributed by atoms with Gasteiger partial charge >= 0.3 is 0 Å². The van der Waals surface area contributed by atoms with Crippen molar-refractivity contribution >= 4 is 30.1 Å². The molecule has 1 aromatic carbocycles. The standard InChI is InChI=1S/C6H4S2/c1-2-4-6-5(3-1)7-8-6/h1-4H. The van der Waals surface area contributed by atoms with E-state index in [0.29, 0.717) is 0 Å². The zero-order valence-corrected chi connectivity index (χ0v) is 5.76. The van der Waals surface area contributed by atoms with Gasteiger partial charge in [-0.2, -0.15) is 0 Å². The highest BCUT2D eigenvalue weighted by Crippen LogP contribution is 2.30. The van der Waals surface area contributed by atoms with Gasteiger partial charge < -0.3 is 0 Å². The first-order valence-corrected chi connectivity index (χ1v) is 4.55. The van der Waals surface area contributed by atoms with Crippen molar-refractivity contribution in [2.75, 3.05) is 0 Å². The summed E-state index contributed by atoms with van der Waals surface area (Å²) >= 11 is 0. The van der Waals surface area contributed by atoms with Gasteiger partial charge in [-0.05, 0) is 12.1 Å². The Morgan fingerprint density at radius 1 is 0.875 bits per heavy atom. The smallest absolute Gasteiger partial charge is 0.0557 e. The fraction of sp³-hybridized carbons (Fsp3) is 0. The van der Waals surface area contributed by atoms with Gasteiger partial charge in [-0.15, -0.1) is 0 Å². The van der Waals surface area contributed by atoms with Crippen LogP contribution in [0.5, 0.6) is 0 Å². The first-order valence-electron chi connectivity index (χ1n) is 2.40. The van der Waals surface area contributed by atoms with Crippen LogP contribution in [0.3, 0.4) is 0 Å². The third-order valence-corrected chi connectivity index (χ3v) is 3.68. The van der Waals surface area contributed by atoms with E-state index in [9.17, 15) is 0 Å². The molecule has 40 valence electrons. The predicted octanol–water partition coefficient (Wildman–Crippen LogP) is 2.96. The highest BCUT2D eigenvalue weighted by atomic mass is 32.9. The minimum absolute atomic E-state index is 1.43. The summed E-state index contributed by atoms with van der Waals surface area (Å²) in [4.78, 5) is 0. The molecule has 2 rings (SSSR count). The molecule has 0 bridgehead atoms. The summed E-state index contributed by atoms with van der Waals surface area (Å²) in [6.45, 7) is 0. The van der Waals surface area contributed by atoms with Crippen molar-refractivity contribution in [3.05, 3.63) is 24.3 Å². The Balaban J connectivity index is 2.88. The maximum Gasteiger partial charge on any atom is 0.0557 e. The third-order valence-electron chi connectivity index (χ3n) is 1.07. The molecule has 0 aliphatic rings. The van der Waals surface area contributed by atoms with E-state index in [1.54, 1.807) is 0 Å². The molecule has 1 heterocycles. The van der Waals surface area contributed by atoms with Gasteiger partial charge in [0.25, 0.3) is 0 Å². The van der Waals surface area contributed by atoms with Crippen molar-refractivity contribution < 1.29 is 0 Å². The lowest BCUT2D eigenvalue weighted by Crippen LogP contribution is -1.61. The lowest BCUT2D eigenvalue weighted by molar-refractivity contribution is 1.88. The molecular formula is C6H4S2. The zero-order chi connectivity index (χ0) is 5.40. The van der Waals surface area contributed by atoms with Crippen LogP contribution in [0.4, 0.5) is 0 Å². The summed E-state index contributed by atoms with van der Waals surface area (Å²) < 4.78 is 2.86. The van der Waals surface area contributed by atoms with Gasteiger partial charge in [-0.1, -0.05) is 32.8 Å². The van der Waals surface area contributed by atoms with Crippen LogP contribution < -0.4 is 0 Å². The SMILES string of the molecule is c1ccc2ssc2c1. The normalized spacial score (nSPS) is 10.5. The van der Waals surface area contributed by atoms with Crippen molar-refractivity contribution in [1.29, 1.82) is 0 Å². The number of rotatable bonds is 0. The molecule has 8 heavy (non-hydrogen) atoms. The number of fused-ring (bicyclic) bond motifs is 1. The van der Waals surface area contributed by atoms with Crippen LogP contribution >= 0.6 is 20.7 Å². The molecule has 2 heteroatoms. The summed E-state index contributed by atoms with van der Waals surface area (Å²) in [6, 6.07) is 8.45. The van der Waals surface area contributed by atoms with E-state index in [2.05, 4.69) is 24.3 Å². The molecule has 0 saturated heterocycles. The molecule has 1 aromatic heterocycles. The van der Waals surface area contributed by atoms with E-state index in [4.69, 9.17) is 0 Å². The number of hydrogen-bond donors (Lipinski definition) is 0. The quantitative estimate of drug-likeness (QED) is 0.493. The maximum absolute atomic E-state index is 2.15. The third kappa shape index (κ3) is 0.501. The largest absolute Gasteiger partial charge is 0.0785 e. The topological polar surface area (TPSA) is 0 Å². The average Bonchev–Trinajstić information content (AvgIpc) is 1.72. The van der Waals surface area contributed by atoms with Crippen LogP contribution in [-0.2, 0) is 0 Å². The molecule has 0 fully saturated rings. The van der Waals surface area contributed by atoms with Gasteiger partial charge in [-0.3, -0.25) is 0 Å². The van der Waals surface area contributed by atoms with Crippen LogP contribution in [0.2, 0.25) is 0 Å². The minimum Gasteiger partial charge on any atom is -0.0785 e. The second-order valence-electron chi connectivity index (χ2n) is 1.61.